The lowest BCUT2D eigenvalue weighted by Crippen LogP contribution is -2.11. The van der Waals surface area contributed by atoms with Crippen LogP contribution in [0.4, 0.5) is 5.69 Å². The smallest absolute Gasteiger partial charge is 0.224 e. The molecule has 32 heavy (non-hydrogen) atoms. The van der Waals surface area contributed by atoms with E-state index in [1.165, 1.54) is 18.4 Å². The van der Waals surface area contributed by atoms with Gasteiger partial charge in [0.2, 0.25) is 5.91 Å². The minimum absolute atomic E-state index is 0.0311. The zero-order chi connectivity index (χ0) is 22.3. The van der Waals surface area contributed by atoms with Crippen molar-refractivity contribution in [3.8, 4) is 11.4 Å². The third kappa shape index (κ3) is 5.38. The summed E-state index contributed by atoms with van der Waals surface area (Å²) in [7, 11) is 0. The molecule has 0 saturated carbocycles. The van der Waals surface area contributed by atoms with E-state index in [1.54, 1.807) is 6.20 Å². The number of nitrogens with zero attached hydrogens (tertiary/aromatic N) is 1. The lowest BCUT2D eigenvalue weighted by atomic mass is 10.0. The van der Waals surface area contributed by atoms with Crippen LogP contribution in [0.15, 0.2) is 66.9 Å². The van der Waals surface area contributed by atoms with Crippen molar-refractivity contribution in [2.24, 2.45) is 0 Å². The van der Waals surface area contributed by atoms with E-state index in [2.05, 4.69) is 34.3 Å². The minimum Gasteiger partial charge on any atom is -0.353 e. The molecule has 0 unspecified atom stereocenters. The number of anilines is 1. The second-order valence-corrected chi connectivity index (χ2v) is 8.52. The number of aromatic amines is 1. The van der Waals surface area contributed by atoms with Crippen LogP contribution in [0.25, 0.3) is 22.3 Å². The molecule has 0 atom stereocenters. The van der Waals surface area contributed by atoms with E-state index in [1.807, 2.05) is 48.5 Å². The van der Waals surface area contributed by atoms with Crippen LogP contribution >= 0.6 is 11.6 Å². The molecule has 2 heterocycles. The van der Waals surface area contributed by atoms with Gasteiger partial charge >= 0.3 is 0 Å². The van der Waals surface area contributed by atoms with Gasteiger partial charge in [-0.15, -0.1) is 0 Å². The van der Waals surface area contributed by atoms with Crippen LogP contribution in [0, 0.1) is 0 Å². The highest BCUT2D eigenvalue weighted by Crippen LogP contribution is 2.32. The van der Waals surface area contributed by atoms with Gasteiger partial charge in [0.15, 0.2) is 0 Å². The van der Waals surface area contributed by atoms with Crippen LogP contribution < -0.4 is 5.32 Å². The Morgan fingerprint density at radius 3 is 2.62 bits per heavy atom. The number of aryl methyl sites for hydroxylation is 2. The molecule has 5 heteroatoms. The fourth-order valence-electron chi connectivity index (χ4n) is 3.99. The van der Waals surface area contributed by atoms with Gasteiger partial charge in [-0.2, -0.15) is 0 Å². The predicted molar refractivity (Wildman–Crippen MR) is 133 cm³/mol. The van der Waals surface area contributed by atoms with Crippen LogP contribution in [0.3, 0.4) is 0 Å². The highest BCUT2D eigenvalue weighted by atomic mass is 35.5. The first-order chi connectivity index (χ1) is 15.6. The molecule has 2 aromatic carbocycles. The van der Waals surface area contributed by atoms with Crippen molar-refractivity contribution >= 4 is 34.1 Å². The first kappa shape index (κ1) is 22.1. The van der Waals surface area contributed by atoms with Crippen molar-refractivity contribution in [3.63, 3.8) is 0 Å². The van der Waals surface area contributed by atoms with Crippen molar-refractivity contribution in [2.45, 2.75) is 45.4 Å². The monoisotopic (exact) mass is 445 g/mol. The zero-order valence-electron chi connectivity index (χ0n) is 18.3. The maximum absolute atomic E-state index is 12.5. The Balaban J connectivity index is 1.42. The van der Waals surface area contributed by atoms with E-state index in [4.69, 9.17) is 11.6 Å². The Labute approximate surface area is 194 Å². The molecule has 1 amide bonds. The lowest BCUT2D eigenvalue weighted by Gasteiger charge is -2.08. The van der Waals surface area contributed by atoms with E-state index in [-0.39, 0.29) is 5.91 Å². The summed E-state index contributed by atoms with van der Waals surface area (Å²) < 4.78 is 0. The van der Waals surface area contributed by atoms with Gasteiger partial charge in [0.05, 0.1) is 11.4 Å². The number of amides is 1. The molecule has 4 aromatic rings. The molecule has 0 aliphatic carbocycles. The first-order valence-electron chi connectivity index (χ1n) is 11.2. The molecule has 0 aliphatic rings. The first-order valence-corrected chi connectivity index (χ1v) is 11.6. The Kier molecular flexibility index (Phi) is 7.23. The van der Waals surface area contributed by atoms with E-state index in [0.717, 1.165) is 52.8 Å². The zero-order valence-corrected chi connectivity index (χ0v) is 19.1. The summed E-state index contributed by atoms with van der Waals surface area (Å²) >= 11 is 6.27. The molecule has 0 saturated heterocycles. The average Bonchev–Trinajstić information content (AvgIpc) is 3.17. The van der Waals surface area contributed by atoms with Crippen LogP contribution in [0.1, 0.15) is 43.7 Å². The van der Waals surface area contributed by atoms with Gasteiger partial charge in [-0.1, -0.05) is 43.1 Å². The van der Waals surface area contributed by atoms with Crippen LogP contribution in [-0.4, -0.2) is 15.9 Å². The van der Waals surface area contributed by atoms with E-state index in [0.29, 0.717) is 11.4 Å². The topological polar surface area (TPSA) is 57.8 Å². The van der Waals surface area contributed by atoms with E-state index >= 15 is 0 Å². The van der Waals surface area contributed by atoms with Gasteiger partial charge in [-0.05, 0) is 79.3 Å². The number of aromatic nitrogens is 2. The molecule has 4 rings (SSSR count). The molecule has 2 N–H and O–H groups in total. The Morgan fingerprint density at radius 2 is 1.88 bits per heavy atom. The number of hydrogen-bond donors (Lipinski definition) is 2. The highest BCUT2D eigenvalue weighted by Gasteiger charge is 2.15. The number of halogens is 1. The maximum Gasteiger partial charge on any atom is 0.224 e. The summed E-state index contributed by atoms with van der Waals surface area (Å²) in [5.41, 5.74) is 6.22. The number of unbranched alkanes of at least 4 members (excludes halogenated alkanes) is 1. The standard InChI is InChI=1S/C27H28ClN3O/c1-2-3-7-19-11-14-21(15-12-19)30-26(32)10-6-8-22-23-18-20(28)13-16-24(23)31-27(22)25-9-4-5-17-29-25/h4-5,9,11-18,31H,2-3,6-8,10H2,1H3,(H,30,32). The van der Waals surface area contributed by atoms with Gasteiger partial charge in [0, 0.05) is 34.2 Å². The molecular weight excluding hydrogens is 418 g/mol. The SMILES string of the molecule is CCCCc1ccc(NC(=O)CCCc2c(-c3ccccn3)[nH]c3ccc(Cl)cc23)cc1. The summed E-state index contributed by atoms with van der Waals surface area (Å²) in [5, 5.41) is 4.80. The lowest BCUT2D eigenvalue weighted by molar-refractivity contribution is -0.116. The molecule has 0 radical (unpaired) electrons. The summed E-state index contributed by atoms with van der Waals surface area (Å²) in [6.45, 7) is 2.19. The van der Waals surface area contributed by atoms with Gasteiger partial charge in [-0.25, -0.2) is 0 Å². The molecule has 4 nitrogen and oxygen atoms in total. The maximum atomic E-state index is 12.5. The van der Waals surface area contributed by atoms with Gasteiger partial charge in [0.25, 0.3) is 0 Å². The van der Waals surface area contributed by atoms with Crippen molar-refractivity contribution in [1.29, 1.82) is 0 Å². The quantitative estimate of drug-likeness (QED) is 0.286. The third-order valence-electron chi connectivity index (χ3n) is 5.68. The molecule has 164 valence electrons. The molecule has 0 bridgehead atoms. The van der Waals surface area contributed by atoms with Crippen molar-refractivity contribution < 1.29 is 4.79 Å². The predicted octanol–water partition coefficient (Wildman–Crippen LogP) is 7.19. The fraction of sp³-hybridized carbons (Fsp3) is 0.259. The Hall–Kier alpha value is -3.11. The van der Waals surface area contributed by atoms with Crippen LogP contribution in [0.2, 0.25) is 5.02 Å². The Morgan fingerprint density at radius 1 is 1.03 bits per heavy atom. The van der Waals surface area contributed by atoms with E-state index < -0.39 is 0 Å². The third-order valence-corrected chi connectivity index (χ3v) is 5.91. The van der Waals surface area contributed by atoms with Crippen molar-refractivity contribution in [3.05, 3.63) is 83.0 Å². The molecule has 0 fully saturated rings. The van der Waals surface area contributed by atoms with Gasteiger partial charge in [0.1, 0.15) is 0 Å². The summed E-state index contributed by atoms with van der Waals surface area (Å²) in [6.07, 6.45) is 7.19. The number of H-pyrrole nitrogens is 1. The number of nitrogens with one attached hydrogen (secondary N) is 2. The van der Waals surface area contributed by atoms with Crippen molar-refractivity contribution in [2.75, 3.05) is 5.32 Å². The van der Waals surface area contributed by atoms with Crippen LogP contribution in [0.5, 0.6) is 0 Å². The Bertz CT molecular complexity index is 1180. The number of rotatable bonds is 9. The van der Waals surface area contributed by atoms with Crippen LogP contribution in [-0.2, 0) is 17.6 Å². The van der Waals surface area contributed by atoms with Gasteiger partial charge in [-0.3, -0.25) is 9.78 Å². The van der Waals surface area contributed by atoms with Crippen molar-refractivity contribution in [1.82, 2.24) is 9.97 Å². The largest absolute Gasteiger partial charge is 0.353 e. The minimum atomic E-state index is 0.0311. The number of fused-ring (bicyclic) bond motifs is 1. The molecule has 0 spiro atoms. The number of pyridine rings is 1. The number of carbonyl (C=O) groups is 1. The summed E-state index contributed by atoms with van der Waals surface area (Å²) in [5.74, 6) is 0.0311. The highest BCUT2D eigenvalue weighted by molar-refractivity contribution is 6.31. The number of carbonyl (C=O) groups excluding carboxylic acids is 1. The summed E-state index contributed by atoms with van der Waals surface area (Å²) in [4.78, 5) is 20.5. The second kappa shape index (κ2) is 10.5. The molecule has 2 aromatic heterocycles. The normalized spacial score (nSPS) is 11.1. The molecular formula is C27H28ClN3O. The summed E-state index contributed by atoms with van der Waals surface area (Å²) in [6, 6.07) is 19.9. The number of hydrogen-bond acceptors (Lipinski definition) is 2. The van der Waals surface area contributed by atoms with Gasteiger partial charge < -0.3 is 10.3 Å². The number of benzene rings is 2. The average molecular weight is 446 g/mol. The molecule has 0 aliphatic heterocycles. The second-order valence-electron chi connectivity index (χ2n) is 8.09. The fourth-order valence-corrected chi connectivity index (χ4v) is 4.17. The van der Waals surface area contributed by atoms with E-state index in [9.17, 15) is 4.79 Å².